The molecular weight excluding hydrogens is 320 g/mol. The van der Waals surface area contributed by atoms with Crippen LogP contribution in [0.25, 0.3) is 0 Å². The van der Waals surface area contributed by atoms with Gasteiger partial charge in [0.25, 0.3) is 5.91 Å². The first-order valence-corrected chi connectivity index (χ1v) is 8.96. The Balaban J connectivity index is 2.03. The molecule has 1 aromatic rings. The van der Waals surface area contributed by atoms with Gasteiger partial charge in [0, 0.05) is 18.5 Å². The molecule has 0 radical (unpaired) electrons. The van der Waals surface area contributed by atoms with Crippen LogP contribution in [0.4, 0.5) is 5.69 Å². The second kappa shape index (κ2) is 6.02. The van der Waals surface area contributed by atoms with Gasteiger partial charge in [0.2, 0.25) is 0 Å². The Hall–Kier alpha value is -0.980. The van der Waals surface area contributed by atoms with E-state index in [0.717, 1.165) is 29.3 Å². The van der Waals surface area contributed by atoms with Crippen molar-refractivity contribution in [1.29, 1.82) is 0 Å². The molecule has 0 atom stereocenters. The fraction of sp³-hybridized carbons (Fsp3) is 0.333. The maximum Gasteiger partial charge on any atom is 0.268 e. The molecule has 2 aliphatic rings. The number of anilines is 1. The van der Waals surface area contributed by atoms with E-state index in [1.165, 1.54) is 22.3 Å². The van der Waals surface area contributed by atoms with Crippen LogP contribution in [0.2, 0.25) is 0 Å². The van der Waals surface area contributed by atoms with Gasteiger partial charge in [-0.3, -0.25) is 9.69 Å². The number of nitrogens with zero attached hydrogens (tertiary/aromatic N) is 2. The fourth-order valence-corrected chi connectivity index (χ4v) is 4.83. The first-order chi connectivity index (χ1) is 10.1. The van der Waals surface area contributed by atoms with Crippen LogP contribution >= 0.6 is 35.7 Å². The molecule has 2 heterocycles. The van der Waals surface area contributed by atoms with Gasteiger partial charge in [0.05, 0.1) is 5.69 Å². The summed E-state index contributed by atoms with van der Waals surface area (Å²) in [6, 6.07) is 8.32. The predicted molar refractivity (Wildman–Crippen MR) is 94.5 cm³/mol. The number of para-hydroxylation sites is 1. The molecule has 1 saturated heterocycles. The van der Waals surface area contributed by atoms with Gasteiger partial charge < -0.3 is 4.90 Å². The summed E-state index contributed by atoms with van der Waals surface area (Å²) < 4.78 is 0.634. The van der Waals surface area contributed by atoms with Gasteiger partial charge in [0.1, 0.15) is 14.3 Å². The zero-order chi connectivity index (χ0) is 15.0. The van der Waals surface area contributed by atoms with Gasteiger partial charge in [-0.15, -0.1) is 0 Å². The predicted octanol–water partition coefficient (Wildman–Crippen LogP) is 4.06. The van der Waals surface area contributed by atoms with Crippen LogP contribution in [-0.2, 0) is 4.79 Å². The maximum absolute atomic E-state index is 12.4. The SMILES string of the molecule is CCCCN1/C(=C2\SC(=S)N(C)C2=O)Sc2ccccc21. The molecule has 3 nitrogen and oxygen atoms in total. The summed E-state index contributed by atoms with van der Waals surface area (Å²) in [6.45, 7) is 3.12. The Kier molecular flexibility index (Phi) is 4.28. The summed E-state index contributed by atoms with van der Waals surface area (Å²) in [5, 5.41) is 1.03. The zero-order valence-corrected chi connectivity index (χ0v) is 14.4. The Morgan fingerprint density at radius 2 is 2.00 bits per heavy atom. The molecule has 0 unspecified atom stereocenters. The normalized spacial score (nSPS) is 21.4. The Bertz CT molecular complexity index is 642. The number of hydrogen-bond donors (Lipinski definition) is 0. The Morgan fingerprint density at radius 3 is 2.67 bits per heavy atom. The second-order valence-electron chi connectivity index (χ2n) is 4.94. The molecule has 0 aliphatic carbocycles. The number of hydrogen-bond acceptors (Lipinski definition) is 5. The molecular formula is C15H16N2OS3. The number of amides is 1. The third kappa shape index (κ3) is 2.60. The number of likely N-dealkylation sites (N-methyl/N-ethyl adjacent to an activating group) is 1. The van der Waals surface area contributed by atoms with Crippen molar-refractivity contribution >= 4 is 51.7 Å². The highest BCUT2D eigenvalue weighted by molar-refractivity contribution is 8.27. The van der Waals surface area contributed by atoms with Crippen molar-refractivity contribution in [3.63, 3.8) is 0 Å². The first-order valence-electron chi connectivity index (χ1n) is 6.92. The van der Waals surface area contributed by atoms with E-state index in [1.807, 2.05) is 12.1 Å². The van der Waals surface area contributed by atoms with Crippen LogP contribution in [0, 0.1) is 0 Å². The molecule has 1 amide bonds. The van der Waals surface area contributed by atoms with Gasteiger partial charge in [0.15, 0.2) is 0 Å². The summed E-state index contributed by atoms with van der Waals surface area (Å²) in [4.78, 5) is 18.2. The van der Waals surface area contributed by atoms with Gasteiger partial charge in [-0.2, -0.15) is 0 Å². The van der Waals surface area contributed by atoms with Crippen molar-refractivity contribution in [2.75, 3.05) is 18.5 Å². The third-order valence-electron chi connectivity index (χ3n) is 3.50. The van der Waals surface area contributed by atoms with E-state index >= 15 is 0 Å². The van der Waals surface area contributed by atoms with Gasteiger partial charge in [-0.25, -0.2) is 0 Å². The van der Waals surface area contributed by atoms with Crippen LogP contribution in [0.15, 0.2) is 39.1 Å². The molecule has 110 valence electrons. The van der Waals surface area contributed by atoms with Crippen molar-refractivity contribution in [3.8, 4) is 0 Å². The molecule has 6 heteroatoms. The van der Waals surface area contributed by atoms with E-state index in [-0.39, 0.29) is 5.91 Å². The summed E-state index contributed by atoms with van der Waals surface area (Å²) in [5.74, 6) is 0.0156. The largest absolute Gasteiger partial charge is 0.334 e. The fourth-order valence-electron chi connectivity index (χ4n) is 2.31. The summed E-state index contributed by atoms with van der Waals surface area (Å²) in [7, 11) is 1.74. The Labute approximate surface area is 138 Å². The lowest BCUT2D eigenvalue weighted by Crippen LogP contribution is -2.25. The second-order valence-corrected chi connectivity index (χ2v) is 7.62. The molecule has 0 N–H and O–H groups in total. The molecule has 3 rings (SSSR count). The summed E-state index contributed by atoms with van der Waals surface area (Å²) in [6.07, 6.45) is 2.23. The average molecular weight is 337 g/mol. The van der Waals surface area contributed by atoms with Gasteiger partial charge in [-0.1, -0.05) is 61.2 Å². The van der Waals surface area contributed by atoms with Crippen LogP contribution in [0.1, 0.15) is 19.8 Å². The number of thioether (sulfide) groups is 2. The molecule has 2 aliphatic heterocycles. The highest BCUT2D eigenvalue weighted by atomic mass is 32.2. The highest BCUT2D eigenvalue weighted by Gasteiger charge is 2.37. The number of unbranched alkanes of at least 4 members (excludes halogenated alkanes) is 1. The minimum atomic E-state index is 0.0156. The number of thiocarbonyl (C=S) groups is 1. The van der Waals surface area contributed by atoms with Crippen molar-refractivity contribution in [2.24, 2.45) is 0 Å². The lowest BCUT2D eigenvalue weighted by atomic mass is 10.2. The monoisotopic (exact) mass is 336 g/mol. The standard InChI is InChI=1S/C15H16N2OS3/c1-3-4-9-17-10-7-5-6-8-11(10)20-14(17)12-13(18)16(2)15(19)21-12/h5-8H,3-4,9H2,1-2H3/b14-12+. The van der Waals surface area contributed by atoms with E-state index in [4.69, 9.17) is 12.2 Å². The molecule has 1 fully saturated rings. The molecule has 0 spiro atoms. The lowest BCUT2D eigenvalue weighted by molar-refractivity contribution is -0.121. The number of benzene rings is 1. The highest BCUT2D eigenvalue weighted by Crippen LogP contribution is 2.50. The lowest BCUT2D eigenvalue weighted by Gasteiger charge is -2.21. The number of rotatable bonds is 3. The smallest absolute Gasteiger partial charge is 0.268 e. The molecule has 0 aromatic heterocycles. The van der Waals surface area contributed by atoms with E-state index in [2.05, 4.69) is 24.0 Å². The van der Waals surface area contributed by atoms with Crippen molar-refractivity contribution in [2.45, 2.75) is 24.7 Å². The minimum absolute atomic E-state index is 0.0156. The van der Waals surface area contributed by atoms with Crippen molar-refractivity contribution < 1.29 is 4.79 Å². The average Bonchev–Trinajstić information content (AvgIpc) is 2.98. The van der Waals surface area contributed by atoms with Crippen LogP contribution < -0.4 is 4.90 Å². The van der Waals surface area contributed by atoms with E-state index in [1.54, 1.807) is 23.7 Å². The van der Waals surface area contributed by atoms with Gasteiger partial charge >= 0.3 is 0 Å². The number of carbonyl (C=O) groups excluding carboxylic acids is 1. The molecule has 21 heavy (non-hydrogen) atoms. The number of carbonyl (C=O) groups is 1. The quantitative estimate of drug-likeness (QED) is 0.612. The summed E-state index contributed by atoms with van der Waals surface area (Å²) in [5.41, 5.74) is 1.20. The van der Waals surface area contributed by atoms with E-state index in [9.17, 15) is 4.79 Å². The maximum atomic E-state index is 12.4. The topological polar surface area (TPSA) is 23.6 Å². The first kappa shape index (κ1) is 14.9. The van der Waals surface area contributed by atoms with E-state index in [0.29, 0.717) is 4.32 Å². The number of fused-ring (bicyclic) bond motifs is 1. The zero-order valence-electron chi connectivity index (χ0n) is 12.0. The minimum Gasteiger partial charge on any atom is -0.334 e. The van der Waals surface area contributed by atoms with Crippen LogP contribution in [0.5, 0.6) is 0 Å². The molecule has 0 saturated carbocycles. The van der Waals surface area contributed by atoms with Crippen LogP contribution in [-0.4, -0.2) is 28.7 Å². The van der Waals surface area contributed by atoms with Crippen LogP contribution in [0.3, 0.4) is 0 Å². The summed E-state index contributed by atoms with van der Waals surface area (Å²) >= 11 is 8.34. The molecule has 1 aromatic carbocycles. The molecule has 0 bridgehead atoms. The van der Waals surface area contributed by atoms with E-state index < -0.39 is 0 Å². The third-order valence-corrected chi connectivity index (χ3v) is 6.36. The van der Waals surface area contributed by atoms with Gasteiger partial charge in [-0.05, 0) is 18.6 Å². The Morgan fingerprint density at radius 1 is 1.24 bits per heavy atom. The van der Waals surface area contributed by atoms with Crippen molar-refractivity contribution in [1.82, 2.24) is 4.90 Å². The van der Waals surface area contributed by atoms with Crippen molar-refractivity contribution in [3.05, 3.63) is 34.2 Å².